The van der Waals surface area contributed by atoms with Crippen LogP contribution in [0.3, 0.4) is 0 Å². The zero-order valence-electron chi connectivity index (χ0n) is 13.4. The van der Waals surface area contributed by atoms with E-state index in [0.717, 1.165) is 31.1 Å². The van der Waals surface area contributed by atoms with E-state index in [0.29, 0.717) is 24.5 Å². The lowest BCUT2D eigenvalue weighted by Gasteiger charge is -2.18. The maximum Gasteiger partial charge on any atom is 0.158 e. The number of hydrogen-bond acceptors (Lipinski definition) is 5. The molecule has 1 rings (SSSR count). The molecule has 0 amide bonds. The van der Waals surface area contributed by atoms with Crippen LogP contribution >= 0.6 is 0 Å². The van der Waals surface area contributed by atoms with Crippen LogP contribution in [0, 0.1) is 5.41 Å². The lowest BCUT2D eigenvalue weighted by molar-refractivity contribution is 0.128. The molecule has 0 saturated heterocycles. The van der Waals surface area contributed by atoms with Gasteiger partial charge in [0.1, 0.15) is 18.2 Å². The van der Waals surface area contributed by atoms with E-state index in [1.807, 2.05) is 13.0 Å². The molecule has 0 atom stereocenters. The summed E-state index contributed by atoms with van der Waals surface area (Å²) < 4.78 is 5.39. The average molecular weight is 280 g/mol. The molecule has 0 aliphatic heterocycles. The van der Waals surface area contributed by atoms with Crippen LogP contribution in [0.5, 0.6) is 0 Å². The summed E-state index contributed by atoms with van der Waals surface area (Å²) in [6.45, 7) is 13.6. The smallest absolute Gasteiger partial charge is 0.158 e. The van der Waals surface area contributed by atoms with Gasteiger partial charge in [-0.25, -0.2) is 9.97 Å². The minimum atomic E-state index is 0.318. The van der Waals surface area contributed by atoms with E-state index in [-0.39, 0.29) is 0 Å². The maximum absolute atomic E-state index is 5.39. The molecule has 0 aliphatic carbocycles. The highest BCUT2D eigenvalue weighted by Gasteiger charge is 2.10. The first-order valence-corrected chi connectivity index (χ1v) is 7.38. The number of nitrogens with zero attached hydrogens (tertiary/aromatic N) is 2. The van der Waals surface area contributed by atoms with E-state index >= 15 is 0 Å². The van der Waals surface area contributed by atoms with Crippen LogP contribution < -0.4 is 10.6 Å². The Morgan fingerprint density at radius 1 is 1.10 bits per heavy atom. The number of nitrogens with one attached hydrogen (secondary N) is 2. The number of rotatable bonds is 8. The summed E-state index contributed by atoms with van der Waals surface area (Å²) >= 11 is 0. The van der Waals surface area contributed by atoms with Crippen LogP contribution in [0.15, 0.2) is 6.07 Å². The zero-order valence-corrected chi connectivity index (χ0v) is 13.4. The van der Waals surface area contributed by atoms with Crippen molar-refractivity contribution in [3.8, 4) is 0 Å². The molecule has 5 heteroatoms. The van der Waals surface area contributed by atoms with E-state index in [2.05, 4.69) is 48.3 Å². The second kappa shape index (κ2) is 8.04. The molecular formula is C15H28N4O. The molecule has 114 valence electrons. The van der Waals surface area contributed by atoms with Gasteiger partial charge in [0.15, 0.2) is 5.82 Å². The van der Waals surface area contributed by atoms with Gasteiger partial charge in [-0.05, 0) is 25.7 Å². The monoisotopic (exact) mass is 280 g/mol. The van der Waals surface area contributed by atoms with Gasteiger partial charge in [-0.1, -0.05) is 20.8 Å². The van der Waals surface area contributed by atoms with Gasteiger partial charge in [0.2, 0.25) is 0 Å². The minimum absolute atomic E-state index is 0.318. The normalized spacial score (nSPS) is 11.4. The Hall–Kier alpha value is -1.36. The van der Waals surface area contributed by atoms with Crippen molar-refractivity contribution in [2.75, 3.05) is 30.3 Å². The molecule has 5 nitrogen and oxygen atoms in total. The van der Waals surface area contributed by atoms with Gasteiger partial charge in [-0.3, -0.25) is 0 Å². The van der Waals surface area contributed by atoms with Crippen molar-refractivity contribution in [3.05, 3.63) is 11.9 Å². The van der Waals surface area contributed by atoms with Crippen LogP contribution in [0.25, 0.3) is 0 Å². The van der Waals surface area contributed by atoms with Crippen LogP contribution in [0.2, 0.25) is 0 Å². The van der Waals surface area contributed by atoms with Crippen LogP contribution in [-0.2, 0) is 11.3 Å². The highest BCUT2D eigenvalue weighted by atomic mass is 16.5. The number of ether oxygens (including phenoxy) is 1. The summed E-state index contributed by atoms with van der Waals surface area (Å²) in [4.78, 5) is 8.92. The van der Waals surface area contributed by atoms with E-state index < -0.39 is 0 Å². The first-order chi connectivity index (χ1) is 9.44. The van der Waals surface area contributed by atoms with E-state index in [1.54, 1.807) is 0 Å². The Bertz CT molecular complexity index is 401. The molecule has 0 bridgehead atoms. The van der Waals surface area contributed by atoms with Gasteiger partial charge in [-0.2, -0.15) is 0 Å². The first-order valence-electron chi connectivity index (χ1n) is 7.38. The first kappa shape index (κ1) is 16.7. The van der Waals surface area contributed by atoms with Gasteiger partial charge in [0, 0.05) is 25.8 Å². The second-order valence-electron chi connectivity index (χ2n) is 5.96. The molecule has 0 aromatic carbocycles. The Morgan fingerprint density at radius 3 is 2.30 bits per heavy atom. The highest BCUT2D eigenvalue weighted by molar-refractivity contribution is 5.47. The fourth-order valence-corrected chi connectivity index (χ4v) is 1.68. The van der Waals surface area contributed by atoms with Gasteiger partial charge < -0.3 is 15.4 Å². The molecule has 0 radical (unpaired) electrons. The van der Waals surface area contributed by atoms with Gasteiger partial charge in [0.05, 0.1) is 0 Å². The van der Waals surface area contributed by atoms with Crippen molar-refractivity contribution in [1.29, 1.82) is 0 Å². The van der Waals surface area contributed by atoms with Gasteiger partial charge in [-0.15, -0.1) is 0 Å². The van der Waals surface area contributed by atoms with Crippen LogP contribution in [-0.4, -0.2) is 29.7 Å². The largest absolute Gasteiger partial charge is 0.374 e. The molecule has 1 heterocycles. The topological polar surface area (TPSA) is 59.1 Å². The Kier molecular flexibility index (Phi) is 6.71. The molecule has 1 aromatic rings. The average Bonchev–Trinajstić information content (AvgIpc) is 2.35. The Labute approximate surface area is 122 Å². The molecule has 0 saturated carbocycles. The highest BCUT2D eigenvalue weighted by Crippen LogP contribution is 2.19. The van der Waals surface area contributed by atoms with Crippen molar-refractivity contribution >= 4 is 11.6 Å². The number of hydrogen-bond donors (Lipinski definition) is 2. The summed E-state index contributed by atoms with van der Waals surface area (Å²) in [5.41, 5.74) is 0.318. The number of aromatic nitrogens is 2. The fraction of sp³-hybridized carbons (Fsp3) is 0.733. The minimum Gasteiger partial charge on any atom is -0.374 e. The maximum atomic E-state index is 5.39. The predicted octanol–water partition coefficient (Wildman–Crippen LogP) is 3.29. The SMILES string of the molecule is CCNc1cc(NCCC(C)(C)C)nc(COCC)n1. The summed E-state index contributed by atoms with van der Waals surface area (Å²) in [6.07, 6.45) is 1.09. The van der Waals surface area contributed by atoms with E-state index in [4.69, 9.17) is 4.74 Å². The summed E-state index contributed by atoms with van der Waals surface area (Å²) in [6, 6.07) is 1.95. The molecule has 0 unspecified atom stereocenters. The molecule has 1 aromatic heterocycles. The fourth-order valence-electron chi connectivity index (χ4n) is 1.68. The third kappa shape index (κ3) is 6.70. The van der Waals surface area contributed by atoms with Crippen molar-refractivity contribution in [2.45, 2.75) is 47.6 Å². The molecule has 0 aliphatic rings. The van der Waals surface area contributed by atoms with Crippen molar-refractivity contribution in [2.24, 2.45) is 5.41 Å². The Morgan fingerprint density at radius 2 is 1.75 bits per heavy atom. The van der Waals surface area contributed by atoms with Gasteiger partial charge in [0.25, 0.3) is 0 Å². The summed E-state index contributed by atoms with van der Waals surface area (Å²) in [7, 11) is 0. The third-order valence-corrected chi connectivity index (χ3v) is 2.75. The van der Waals surface area contributed by atoms with Crippen LogP contribution in [0.4, 0.5) is 11.6 Å². The molecule has 2 N–H and O–H groups in total. The molecule has 0 fully saturated rings. The lowest BCUT2D eigenvalue weighted by Crippen LogP contribution is -2.14. The number of anilines is 2. The summed E-state index contributed by atoms with van der Waals surface area (Å²) in [5.74, 6) is 2.41. The molecular weight excluding hydrogens is 252 g/mol. The van der Waals surface area contributed by atoms with Crippen LogP contribution in [0.1, 0.15) is 46.9 Å². The van der Waals surface area contributed by atoms with Crippen molar-refractivity contribution in [1.82, 2.24) is 9.97 Å². The third-order valence-electron chi connectivity index (χ3n) is 2.75. The molecule has 0 spiro atoms. The standard InChI is InChI=1S/C15H28N4O/c1-6-16-12-10-13(17-9-8-15(3,4)5)19-14(18-12)11-20-7-2/h10H,6-9,11H2,1-5H3,(H2,16,17,18,19). The van der Waals surface area contributed by atoms with Crippen molar-refractivity contribution < 1.29 is 4.74 Å². The quantitative estimate of drug-likeness (QED) is 0.765. The van der Waals surface area contributed by atoms with Gasteiger partial charge >= 0.3 is 0 Å². The second-order valence-corrected chi connectivity index (χ2v) is 5.96. The lowest BCUT2D eigenvalue weighted by atomic mass is 9.92. The Balaban J connectivity index is 2.69. The zero-order chi connectivity index (χ0) is 15.0. The van der Waals surface area contributed by atoms with Crippen molar-refractivity contribution in [3.63, 3.8) is 0 Å². The summed E-state index contributed by atoms with van der Waals surface area (Å²) in [5, 5.41) is 6.59. The predicted molar refractivity (Wildman–Crippen MR) is 84.1 cm³/mol. The molecule has 20 heavy (non-hydrogen) atoms. The van der Waals surface area contributed by atoms with E-state index in [1.165, 1.54) is 0 Å². The van der Waals surface area contributed by atoms with E-state index in [9.17, 15) is 0 Å².